The number of nitrogens with one attached hydrogen (secondary N) is 1. The Hall–Kier alpha value is -2.68. The van der Waals surface area contributed by atoms with Crippen LogP contribution in [-0.4, -0.2) is 48.9 Å². The van der Waals surface area contributed by atoms with E-state index in [0.29, 0.717) is 27.9 Å². The number of hydrogen-bond acceptors (Lipinski definition) is 5. The lowest BCUT2D eigenvalue weighted by Gasteiger charge is -2.35. The molecule has 29 heavy (non-hydrogen) atoms. The molecule has 1 aromatic carbocycles. The fourth-order valence-electron chi connectivity index (χ4n) is 3.70. The highest BCUT2D eigenvalue weighted by Gasteiger charge is 2.25. The van der Waals surface area contributed by atoms with Crippen molar-refractivity contribution in [2.75, 3.05) is 12.3 Å². The van der Waals surface area contributed by atoms with Gasteiger partial charge in [-0.05, 0) is 49.9 Å². The number of benzene rings is 1. The molecule has 1 amide bonds. The highest BCUT2D eigenvalue weighted by atomic mass is 32.2. The summed E-state index contributed by atoms with van der Waals surface area (Å²) in [6, 6.07) is 6.09. The lowest BCUT2D eigenvalue weighted by molar-refractivity contribution is -0.132. The molecule has 4 rings (SSSR count). The van der Waals surface area contributed by atoms with E-state index in [2.05, 4.69) is 22.0 Å². The maximum absolute atomic E-state index is 13.2. The molecule has 0 unspecified atom stereocenters. The molecule has 0 spiro atoms. The minimum absolute atomic E-state index is 0.0661. The average Bonchev–Trinajstić information content (AvgIpc) is 3.17. The number of H-pyrrole nitrogens is 1. The van der Waals surface area contributed by atoms with Gasteiger partial charge in [-0.1, -0.05) is 18.7 Å². The number of carbonyl (C=O) groups excluding carboxylic acids is 1. The SMILES string of the molecule is CC[C@H]1CCCCN1C(=O)CSc1nc2c(cnn2-c2ccc(F)cc2)c(=O)[nH]1. The van der Waals surface area contributed by atoms with Crippen molar-refractivity contribution in [1.29, 1.82) is 0 Å². The molecule has 1 aliphatic rings. The van der Waals surface area contributed by atoms with Gasteiger partial charge < -0.3 is 9.88 Å². The van der Waals surface area contributed by atoms with Crippen molar-refractivity contribution >= 4 is 28.7 Å². The van der Waals surface area contributed by atoms with E-state index in [4.69, 9.17) is 0 Å². The molecular formula is C20H22FN5O2S. The van der Waals surface area contributed by atoms with Gasteiger partial charge in [0.15, 0.2) is 10.8 Å². The number of rotatable bonds is 5. The van der Waals surface area contributed by atoms with Gasteiger partial charge in [-0.15, -0.1) is 0 Å². The second-order valence-corrected chi connectivity index (χ2v) is 8.04. The van der Waals surface area contributed by atoms with Crippen molar-refractivity contribution in [1.82, 2.24) is 24.6 Å². The molecule has 1 N–H and O–H groups in total. The standard InChI is InChI=1S/C20H22FN5O2S/c1-2-14-5-3-4-10-25(14)17(27)12-29-20-23-18-16(19(28)24-20)11-22-26(18)15-8-6-13(21)7-9-15/h6-9,11,14H,2-5,10,12H2,1H3,(H,23,24,28)/t14-/m0/s1. The fraction of sp³-hybridized carbons (Fsp3) is 0.400. The maximum atomic E-state index is 13.2. The number of amides is 1. The summed E-state index contributed by atoms with van der Waals surface area (Å²) in [5.74, 6) is -0.0690. The Labute approximate surface area is 171 Å². The van der Waals surface area contributed by atoms with Gasteiger partial charge in [-0.2, -0.15) is 5.10 Å². The summed E-state index contributed by atoms with van der Waals surface area (Å²) in [6.07, 6.45) is 5.63. The number of likely N-dealkylation sites (tertiary alicyclic amines) is 1. The first-order valence-corrected chi connectivity index (χ1v) is 10.7. The number of halogens is 1. The van der Waals surface area contributed by atoms with Crippen molar-refractivity contribution < 1.29 is 9.18 Å². The first kappa shape index (κ1) is 19.6. The van der Waals surface area contributed by atoms with Crippen LogP contribution in [0.15, 0.2) is 40.4 Å². The number of carbonyl (C=O) groups is 1. The molecule has 0 radical (unpaired) electrons. The van der Waals surface area contributed by atoms with Crippen LogP contribution in [0.3, 0.4) is 0 Å². The van der Waals surface area contributed by atoms with E-state index in [1.165, 1.54) is 34.8 Å². The maximum Gasteiger partial charge on any atom is 0.262 e. The molecule has 1 fully saturated rings. The largest absolute Gasteiger partial charge is 0.339 e. The van der Waals surface area contributed by atoms with Gasteiger partial charge in [0.1, 0.15) is 11.2 Å². The number of fused-ring (bicyclic) bond motifs is 1. The van der Waals surface area contributed by atoms with E-state index < -0.39 is 0 Å². The number of nitrogens with zero attached hydrogens (tertiary/aromatic N) is 4. The molecule has 9 heteroatoms. The summed E-state index contributed by atoms with van der Waals surface area (Å²) < 4.78 is 14.7. The molecule has 1 saturated heterocycles. The molecule has 7 nitrogen and oxygen atoms in total. The van der Waals surface area contributed by atoms with Crippen LogP contribution in [0.4, 0.5) is 4.39 Å². The highest BCUT2D eigenvalue weighted by molar-refractivity contribution is 7.99. The van der Waals surface area contributed by atoms with Crippen molar-refractivity contribution in [3.05, 3.63) is 46.6 Å². The monoisotopic (exact) mass is 415 g/mol. The summed E-state index contributed by atoms with van der Waals surface area (Å²) in [6.45, 7) is 2.89. The Balaban J connectivity index is 1.56. The fourth-order valence-corrected chi connectivity index (χ4v) is 4.45. The van der Waals surface area contributed by atoms with Gasteiger partial charge in [0, 0.05) is 12.6 Å². The molecule has 1 aliphatic heterocycles. The summed E-state index contributed by atoms with van der Waals surface area (Å²) in [4.78, 5) is 34.3. The van der Waals surface area contributed by atoms with Gasteiger partial charge in [0.25, 0.3) is 5.56 Å². The van der Waals surface area contributed by atoms with Crippen LogP contribution in [0.25, 0.3) is 16.7 Å². The topological polar surface area (TPSA) is 83.9 Å². The third-order valence-corrected chi connectivity index (χ3v) is 6.10. The molecule has 3 aromatic rings. The van der Waals surface area contributed by atoms with Gasteiger partial charge in [0.05, 0.1) is 17.6 Å². The molecule has 0 saturated carbocycles. The van der Waals surface area contributed by atoms with E-state index in [0.717, 1.165) is 32.2 Å². The third-order valence-electron chi connectivity index (χ3n) is 5.24. The minimum atomic E-state index is -0.353. The Bertz CT molecular complexity index is 1080. The van der Waals surface area contributed by atoms with Gasteiger partial charge >= 0.3 is 0 Å². The number of thioether (sulfide) groups is 1. The number of aromatic amines is 1. The van der Waals surface area contributed by atoms with E-state index in [1.54, 1.807) is 12.1 Å². The Morgan fingerprint density at radius 2 is 2.10 bits per heavy atom. The normalized spacial score (nSPS) is 17.0. The molecule has 3 heterocycles. The van der Waals surface area contributed by atoms with Crippen LogP contribution in [0.5, 0.6) is 0 Å². The van der Waals surface area contributed by atoms with E-state index in [-0.39, 0.29) is 23.0 Å². The summed E-state index contributed by atoms with van der Waals surface area (Å²) >= 11 is 1.21. The van der Waals surface area contributed by atoms with Crippen LogP contribution >= 0.6 is 11.8 Å². The smallest absolute Gasteiger partial charge is 0.262 e. The second-order valence-electron chi connectivity index (χ2n) is 7.07. The lowest BCUT2D eigenvalue weighted by Crippen LogP contribution is -2.44. The van der Waals surface area contributed by atoms with Crippen LogP contribution < -0.4 is 5.56 Å². The first-order valence-electron chi connectivity index (χ1n) is 9.73. The number of hydrogen-bond donors (Lipinski definition) is 1. The molecule has 0 aliphatic carbocycles. The number of aromatic nitrogens is 4. The molecule has 2 aromatic heterocycles. The molecule has 1 atom stereocenters. The van der Waals surface area contributed by atoms with Crippen LogP contribution in [-0.2, 0) is 4.79 Å². The predicted octanol–water partition coefficient (Wildman–Crippen LogP) is 3.13. The van der Waals surface area contributed by atoms with E-state index in [1.807, 2.05) is 4.90 Å². The van der Waals surface area contributed by atoms with Crippen LogP contribution in [0, 0.1) is 5.82 Å². The predicted molar refractivity (Wildman–Crippen MR) is 110 cm³/mol. The zero-order chi connectivity index (χ0) is 20.4. The van der Waals surface area contributed by atoms with Crippen LogP contribution in [0.1, 0.15) is 32.6 Å². The third kappa shape index (κ3) is 4.05. The zero-order valence-electron chi connectivity index (χ0n) is 16.1. The Morgan fingerprint density at radius 1 is 1.31 bits per heavy atom. The van der Waals surface area contributed by atoms with Gasteiger partial charge in [-0.25, -0.2) is 14.1 Å². The zero-order valence-corrected chi connectivity index (χ0v) is 16.9. The van der Waals surface area contributed by atoms with Gasteiger partial charge in [0.2, 0.25) is 5.91 Å². The Morgan fingerprint density at radius 3 is 2.86 bits per heavy atom. The lowest BCUT2D eigenvalue weighted by atomic mass is 10.0. The van der Waals surface area contributed by atoms with Crippen molar-refractivity contribution in [3.8, 4) is 5.69 Å². The second kappa shape index (κ2) is 8.36. The summed E-state index contributed by atoms with van der Waals surface area (Å²) in [5, 5.41) is 4.92. The quantitative estimate of drug-likeness (QED) is 0.511. The van der Waals surface area contributed by atoms with Crippen molar-refractivity contribution in [2.24, 2.45) is 0 Å². The molecule has 152 valence electrons. The minimum Gasteiger partial charge on any atom is -0.339 e. The average molecular weight is 415 g/mol. The highest BCUT2D eigenvalue weighted by Crippen LogP contribution is 2.22. The first-order chi connectivity index (χ1) is 14.1. The number of piperidine rings is 1. The van der Waals surface area contributed by atoms with Crippen molar-refractivity contribution in [2.45, 2.75) is 43.8 Å². The van der Waals surface area contributed by atoms with E-state index in [9.17, 15) is 14.0 Å². The Kier molecular flexibility index (Phi) is 5.66. The summed E-state index contributed by atoms with van der Waals surface area (Å²) in [7, 11) is 0. The van der Waals surface area contributed by atoms with Crippen molar-refractivity contribution in [3.63, 3.8) is 0 Å². The van der Waals surface area contributed by atoms with Crippen LogP contribution in [0.2, 0.25) is 0 Å². The van der Waals surface area contributed by atoms with Gasteiger partial charge in [-0.3, -0.25) is 9.59 Å². The molecular weight excluding hydrogens is 393 g/mol. The molecule has 0 bridgehead atoms. The summed E-state index contributed by atoms with van der Waals surface area (Å²) in [5.41, 5.74) is 0.660. The van der Waals surface area contributed by atoms with E-state index >= 15 is 0 Å².